The number of hydrogen-bond acceptors (Lipinski definition) is 4. The highest BCUT2D eigenvalue weighted by Crippen LogP contribution is 2.27. The Hall–Kier alpha value is -2.06. The molecule has 1 aromatic carbocycles. The van der Waals surface area contributed by atoms with Gasteiger partial charge in [0, 0.05) is 43.9 Å². The van der Waals surface area contributed by atoms with Crippen molar-refractivity contribution >= 4 is 11.9 Å². The molecular formula is C17H23F2N3O3. The lowest BCUT2D eigenvalue weighted by Gasteiger charge is -2.39. The summed E-state index contributed by atoms with van der Waals surface area (Å²) < 4.78 is 27.2. The van der Waals surface area contributed by atoms with Gasteiger partial charge in [0.2, 0.25) is 5.91 Å². The molecule has 1 saturated heterocycles. The molecule has 0 spiro atoms. The first-order valence-electron chi connectivity index (χ1n) is 8.30. The number of aliphatic carboxylic acids is 1. The van der Waals surface area contributed by atoms with E-state index in [1.54, 1.807) is 0 Å². The molecule has 25 heavy (non-hydrogen) atoms. The summed E-state index contributed by atoms with van der Waals surface area (Å²) in [7, 11) is 0. The molecule has 1 fully saturated rings. The lowest BCUT2D eigenvalue weighted by molar-refractivity contribution is -0.138. The van der Waals surface area contributed by atoms with Gasteiger partial charge < -0.3 is 10.4 Å². The number of nitrogens with one attached hydrogen (secondary N) is 1. The highest BCUT2D eigenvalue weighted by atomic mass is 19.1. The summed E-state index contributed by atoms with van der Waals surface area (Å²) in [5.41, 5.74) is 0.483. The van der Waals surface area contributed by atoms with E-state index in [2.05, 4.69) is 10.2 Å². The van der Waals surface area contributed by atoms with Crippen molar-refractivity contribution in [2.75, 3.05) is 39.3 Å². The van der Waals surface area contributed by atoms with Crippen LogP contribution in [0.5, 0.6) is 0 Å². The number of rotatable bonds is 7. The van der Waals surface area contributed by atoms with Gasteiger partial charge in [-0.2, -0.15) is 0 Å². The van der Waals surface area contributed by atoms with Gasteiger partial charge in [-0.25, -0.2) is 8.78 Å². The maximum atomic E-state index is 14.1. The molecule has 1 heterocycles. The minimum Gasteiger partial charge on any atom is -0.480 e. The second-order valence-electron chi connectivity index (χ2n) is 6.07. The van der Waals surface area contributed by atoms with Crippen molar-refractivity contribution in [3.63, 3.8) is 0 Å². The van der Waals surface area contributed by atoms with Gasteiger partial charge in [0.15, 0.2) is 0 Å². The predicted octanol–water partition coefficient (Wildman–Crippen LogP) is 1.23. The van der Waals surface area contributed by atoms with Crippen LogP contribution >= 0.6 is 0 Å². The van der Waals surface area contributed by atoms with E-state index in [1.165, 1.54) is 12.1 Å². The van der Waals surface area contributed by atoms with Crippen LogP contribution in [0, 0.1) is 11.6 Å². The summed E-state index contributed by atoms with van der Waals surface area (Å²) in [6, 6.07) is 3.53. The number of benzene rings is 1. The van der Waals surface area contributed by atoms with E-state index >= 15 is 0 Å². The molecular weight excluding hydrogens is 332 g/mol. The molecule has 1 aliphatic heterocycles. The Morgan fingerprint density at radius 2 is 1.92 bits per heavy atom. The summed E-state index contributed by atoms with van der Waals surface area (Å²) >= 11 is 0. The molecule has 1 atom stereocenters. The van der Waals surface area contributed by atoms with E-state index in [1.807, 2.05) is 11.8 Å². The standard InChI is InChI=1S/C17H23F2N3O3/c1-2-15(13-4-3-12(18)9-14(13)19)22-7-5-21(6-8-22)11-16(23)20-10-17(24)25/h3-4,9,15H,2,5-8,10-11H2,1H3,(H,20,23)(H,24,25). The van der Waals surface area contributed by atoms with Gasteiger partial charge in [0.25, 0.3) is 0 Å². The van der Waals surface area contributed by atoms with Crippen LogP contribution < -0.4 is 5.32 Å². The van der Waals surface area contributed by atoms with Crippen LogP contribution in [-0.4, -0.2) is 66.1 Å². The van der Waals surface area contributed by atoms with Crippen LogP contribution in [0.1, 0.15) is 24.9 Å². The maximum Gasteiger partial charge on any atom is 0.322 e. The summed E-state index contributed by atoms with van der Waals surface area (Å²) in [6.07, 6.45) is 0.696. The minimum absolute atomic E-state index is 0.136. The monoisotopic (exact) mass is 355 g/mol. The number of nitrogens with zero attached hydrogens (tertiary/aromatic N) is 2. The molecule has 2 rings (SSSR count). The quantitative estimate of drug-likeness (QED) is 0.770. The molecule has 1 aliphatic rings. The summed E-state index contributed by atoms with van der Waals surface area (Å²) in [5, 5.41) is 10.9. The number of carbonyl (C=O) groups is 2. The van der Waals surface area contributed by atoms with Gasteiger partial charge in [0.1, 0.15) is 18.2 Å². The van der Waals surface area contributed by atoms with Crippen molar-refractivity contribution in [2.45, 2.75) is 19.4 Å². The first-order chi connectivity index (χ1) is 11.9. The summed E-state index contributed by atoms with van der Waals surface area (Å²) in [6.45, 7) is 4.27. The first-order valence-corrected chi connectivity index (χ1v) is 8.30. The number of carbonyl (C=O) groups excluding carboxylic acids is 1. The molecule has 0 bridgehead atoms. The topological polar surface area (TPSA) is 72.9 Å². The van der Waals surface area contributed by atoms with Crippen LogP contribution in [0.4, 0.5) is 8.78 Å². The van der Waals surface area contributed by atoms with Crippen LogP contribution in [0.2, 0.25) is 0 Å². The van der Waals surface area contributed by atoms with Crippen molar-refractivity contribution in [1.82, 2.24) is 15.1 Å². The van der Waals surface area contributed by atoms with Crippen molar-refractivity contribution in [1.29, 1.82) is 0 Å². The smallest absolute Gasteiger partial charge is 0.322 e. The number of hydrogen-bond donors (Lipinski definition) is 2. The number of carboxylic acids is 1. The first kappa shape index (κ1) is 19.3. The van der Waals surface area contributed by atoms with E-state index in [0.717, 1.165) is 6.07 Å². The lowest BCUT2D eigenvalue weighted by Crippen LogP contribution is -2.50. The predicted molar refractivity (Wildman–Crippen MR) is 88.0 cm³/mol. The van der Waals surface area contributed by atoms with Gasteiger partial charge in [-0.1, -0.05) is 13.0 Å². The molecule has 0 aliphatic carbocycles. The number of halogens is 2. The van der Waals surface area contributed by atoms with Gasteiger partial charge in [-0.05, 0) is 12.5 Å². The van der Waals surface area contributed by atoms with E-state index in [-0.39, 0.29) is 25.0 Å². The van der Waals surface area contributed by atoms with Crippen LogP contribution in [0.25, 0.3) is 0 Å². The zero-order valence-corrected chi connectivity index (χ0v) is 14.2. The molecule has 1 unspecified atom stereocenters. The Balaban J connectivity index is 1.89. The van der Waals surface area contributed by atoms with Crippen LogP contribution in [-0.2, 0) is 9.59 Å². The molecule has 138 valence electrons. The molecule has 2 N–H and O–H groups in total. The zero-order chi connectivity index (χ0) is 18.4. The Kier molecular flexibility index (Phi) is 6.83. The lowest BCUT2D eigenvalue weighted by atomic mass is 10.0. The molecule has 6 nitrogen and oxygen atoms in total. The van der Waals surface area contributed by atoms with E-state index in [9.17, 15) is 18.4 Å². The van der Waals surface area contributed by atoms with E-state index in [4.69, 9.17) is 5.11 Å². The highest BCUT2D eigenvalue weighted by molar-refractivity contribution is 5.82. The van der Waals surface area contributed by atoms with Gasteiger partial charge in [-0.15, -0.1) is 0 Å². The average Bonchev–Trinajstić information content (AvgIpc) is 2.57. The fourth-order valence-electron chi connectivity index (χ4n) is 3.11. The third kappa shape index (κ3) is 5.47. The van der Waals surface area contributed by atoms with Gasteiger partial charge in [-0.3, -0.25) is 19.4 Å². The Bertz CT molecular complexity index is 619. The third-order valence-corrected chi connectivity index (χ3v) is 4.36. The second kappa shape index (κ2) is 8.87. The molecule has 1 amide bonds. The molecule has 1 aromatic rings. The molecule has 0 aromatic heterocycles. The van der Waals surface area contributed by atoms with Crippen LogP contribution in [0.3, 0.4) is 0 Å². The summed E-state index contributed by atoms with van der Waals surface area (Å²) in [4.78, 5) is 26.2. The molecule has 0 radical (unpaired) electrons. The van der Waals surface area contributed by atoms with Crippen molar-refractivity contribution < 1.29 is 23.5 Å². The fraction of sp³-hybridized carbons (Fsp3) is 0.529. The number of carboxylic acid groups (broad SMARTS) is 1. The van der Waals surface area contributed by atoms with Gasteiger partial charge >= 0.3 is 5.97 Å². The van der Waals surface area contributed by atoms with Crippen molar-refractivity contribution in [3.05, 3.63) is 35.4 Å². The molecule has 8 heteroatoms. The number of piperazine rings is 1. The van der Waals surface area contributed by atoms with Crippen molar-refractivity contribution in [2.24, 2.45) is 0 Å². The maximum absolute atomic E-state index is 14.1. The third-order valence-electron chi connectivity index (χ3n) is 4.36. The summed E-state index contributed by atoms with van der Waals surface area (Å²) in [5.74, 6) is -2.53. The Labute approximate surface area is 145 Å². The minimum atomic E-state index is -1.08. The highest BCUT2D eigenvalue weighted by Gasteiger charge is 2.26. The van der Waals surface area contributed by atoms with Gasteiger partial charge in [0.05, 0.1) is 6.54 Å². The average molecular weight is 355 g/mol. The normalized spacial score (nSPS) is 17.2. The van der Waals surface area contributed by atoms with E-state index < -0.39 is 17.6 Å². The largest absolute Gasteiger partial charge is 0.480 e. The van der Waals surface area contributed by atoms with Crippen LogP contribution in [0.15, 0.2) is 18.2 Å². The second-order valence-corrected chi connectivity index (χ2v) is 6.07. The molecule has 0 saturated carbocycles. The Morgan fingerprint density at radius 3 is 2.48 bits per heavy atom. The zero-order valence-electron chi connectivity index (χ0n) is 14.2. The Morgan fingerprint density at radius 1 is 1.24 bits per heavy atom. The fourth-order valence-corrected chi connectivity index (χ4v) is 3.11. The van der Waals surface area contributed by atoms with E-state index in [0.29, 0.717) is 38.2 Å². The number of amides is 1. The SMILES string of the molecule is CCC(c1ccc(F)cc1F)N1CCN(CC(=O)NCC(=O)O)CC1. The van der Waals surface area contributed by atoms with Crippen molar-refractivity contribution in [3.8, 4) is 0 Å².